The molecule has 0 N–H and O–H groups in total. The Morgan fingerprint density at radius 1 is 0.333 bits per heavy atom. The van der Waals surface area contributed by atoms with Gasteiger partial charge in [-0.2, -0.15) is 0 Å². The van der Waals surface area contributed by atoms with Crippen LogP contribution in [-0.2, 0) is 5.41 Å². The lowest BCUT2D eigenvalue weighted by atomic mass is 9.81. The fourth-order valence-corrected chi connectivity index (χ4v) is 7.94. The van der Waals surface area contributed by atoms with E-state index in [4.69, 9.17) is 15.0 Å². The van der Waals surface area contributed by atoms with Crippen molar-refractivity contribution in [2.24, 2.45) is 0 Å². The summed E-state index contributed by atoms with van der Waals surface area (Å²) in [4.78, 5) is 15.3. The van der Waals surface area contributed by atoms with Crippen molar-refractivity contribution in [3.8, 4) is 56.4 Å². The molecule has 9 aromatic rings. The van der Waals surface area contributed by atoms with Crippen molar-refractivity contribution in [2.45, 2.75) is 19.3 Å². The summed E-state index contributed by atoms with van der Waals surface area (Å²) in [6.07, 6.45) is 0. The van der Waals surface area contributed by atoms with Crippen LogP contribution in [0.1, 0.15) is 25.0 Å². The average molecular weight is 652 g/mol. The molecule has 0 bridgehead atoms. The van der Waals surface area contributed by atoms with E-state index in [1.807, 2.05) is 18.2 Å². The van der Waals surface area contributed by atoms with Gasteiger partial charge in [0.25, 0.3) is 0 Å². The fourth-order valence-electron chi connectivity index (χ4n) is 7.94. The van der Waals surface area contributed by atoms with Crippen LogP contribution in [0.4, 0.5) is 0 Å². The lowest BCUT2D eigenvalue weighted by Crippen LogP contribution is -2.15. The predicted octanol–water partition coefficient (Wildman–Crippen LogP) is 12.3. The molecule has 1 aliphatic carbocycles. The normalized spacial score (nSPS) is 13.1. The number of nitrogens with zero attached hydrogens (tertiary/aromatic N) is 3. The lowest BCUT2D eigenvalue weighted by molar-refractivity contribution is 0.661. The van der Waals surface area contributed by atoms with Gasteiger partial charge in [0, 0.05) is 22.1 Å². The topological polar surface area (TPSA) is 38.7 Å². The minimum atomic E-state index is -0.164. The first-order chi connectivity index (χ1) is 25.0. The van der Waals surface area contributed by atoms with Crippen molar-refractivity contribution in [2.75, 3.05) is 0 Å². The number of hydrogen-bond donors (Lipinski definition) is 0. The van der Waals surface area contributed by atoms with Gasteiger partial charge in [0.15, 0.2) is 17.5 Å². The van der Waals surface area contributed by atoms with Gasteiger partial charge >= 0.3 is 0 Å². The first-order valence-electron chi connectivity index (χ1n) is 17.5. The van der Waals surface area contributed by atoms with E-state index in [0.29, 0.717) is 17.5 Å². The van der Waals surface area contributed by atoms with Gasteiger partial charge in [-0.15, -0.1) is 0 Å². The highest BCUT2D eigenvalue weighted by Gasteiger charge is 2.36. The van der Waals surface area contributed by atoms with E-state index >= 15 is 0 Å². The Bertz CT molecular complexity index is 2830. The monoisotopic (exact) mass is 651 g/mol. The highest BCUT2D eigenvalue weighted by Crippen LogP contribution is 2.50. The first kappa shape index (κ1) is 29.5. The summed E-state index contributed by atoms with van der Waals surface area (Å²) in [5.41, 5.74) is 10.4. The molecule has 3 nitrogen and oxygen atoms in total. The van der Waals surface area contributed by atoms with E-state index in [2.05, 4.69) is 159 Å². The molecule has 1 aliphatic rings. The van der Waals surface area contributed by atoms with Crippen molar-refractivity contribution in [3.63, 3.8) is 0 Å². The minimum Gasteiger partial charge on any atom is -0.208 e. The predicted molar refractivity (Wildman–Crippen MR) is 212 cm³/mol. The van der Waals surface area contributed by atoms with Gasteiger partial charge in [-0.05, 0) is 96.0 Å². The van der Waals surface area contributed by atoms with Crippen LogP contribution in [0.15, 0.2) is 164 Å². The largest absolute Gasteiger partial charge is 0.208 e. The van der Waals surface area contributed by atoms with Crippen LogP contribution in [0.3, 0.4) is 0 Å². The van der Waals surface area contributed by atoms with Gasteiger partial charge in [-0.3, -0.25) is 0 Å². The highest BCUT2D eigenvalue weighted by atomic mass is 15.0. The lowest BCUT2D eigenvalue weighted by Gasteiger charge is -2.22. The van der Waals surface area contributed by atoms with Crippen LogP contribution in [0, 0.1) is 0 Å². The third-order valence-corrected chi connectivity index (χ3v) is 10.7. The summed E-state index contributed by atoms with van der Waals surface area (Å²) in [5.74, 6) is 1.99. The van der Waals surface area contributed by atoms with E-state index < -0.39 is 0 Å². The Hall–Kier alpha value is -6.45. The number of hydrogen-bond acceptors (Lipinski definition) is 3. The molecule has 51 heavy (non-hydrogen) atoms. The molecule has 0 unspecified atom stereocenters. The first-order valence-corrected chi connectivity index (χ1v) is 17.5. The van der Waals surface area contributed by atoms with Crippen LogP contribution in [-0.4, -0.2) is 15.0 Å². The molecule has 0 saturated carbocycles. The summed E-state index contributed by atoms with van der Waals surface area (Å²) in [6, 6.07) is 58.6. The molecular weight excluding hydrogens is 619 g/mol. The molecule has 0 atom stereocenters. The summed E-state index contributed by atoms with van der Waals surface area (Å²) >= 11 is 0. The molecule has 3 heteroatoms. The number of fused-ring (bicyclic) bond motifs is 6. The van der Waals surface area contributed by atoms with Crippen LogP contribution < -0.4 is 0 Å². The molecule has 8 aromatic carbocycles. The quantitative estimate of drug-likeness (QED) is 0.190. The zero-order chi connectivity index (χ0) is 34.1. The Labute approximate surface area is 297 Å². The van der Waals surface area contributed by atoms with E-state index in [1.165, 1.54) is 60.3 Å². The van der Waals surface area contributed by atoms with E-state index in [0.717, 1.165) is 22.1 Å². The second-order valence-corrected chi connectivity index (χ2v) is 14.1. The van der Waals surface area contributed by atoms with Gasteiger partial charge in [0.2, 0.25) is 0 Å². The van der Waals surface area contributed by atoms with E-state index in [1.54, 1.807) is 0 Å². The maximum atomic E-state index is 5.17. The standard InChI is InChI=1S/C48H33N3/c1-48(2)43-29-37(23-24-41(43)42-27-33-14-6-7-15-34(33)28-44(42)48)47-50-45(32-12-4-3-5-13-32)49-46(51-47)36-22-20-30-19-21-35(25-38(30)26-36)40-18-10-16-31-11-8-9-17-39(31)40/h3-29H,1-2H3. The average Bonchev–Trinajstić information content (AvgIpc) is 3.41. The van der Waals surface area contributed by atoms with Crippen LogP contribution >= 0.6 is 0 Å². The molecule has 0 spiro atoms. The van der Waals surface area contributed by atoms with Gasteiger partial charge < -0.3 is 0 Å². The van der Waals surface area contributed by atoms with Gasteiger partial charge in [0.05, 0.1) is 0 Å². The number of benzene rings is 8. The van der Waals surface area contributed by atoms with Crippen LogP contribution in [0.2, 0.25) is 0 Å². The summed E-state index contributed by atoms with van der Waals surface area (Å²) < 4.78 is 0. The molecule has 0 fully saturated rings. The maximum absolute atomic E-state index is 5.17. The second kappa shape index (κ2) is 11.3. The van der Waals surface area contributed by atoms with Gasteiger partial charge in [-0.1, -0.05) is 147 Å². The van der Waals surface area contributed by atoms with Gasteiger partial charge in [-0.25, -0.2) is 15.0 Å². The molecule has 0 saturated heterocycles. The number of rotatable bonds is 4. The Morgan fingerprint density at radius 2 is 0.902 bits per heavy atom. The van der Waals surface area contributed by atoms with E-state index in [-0.39, 0.29) is 5.41 Å². The molecular formula is C48H33N3. The highest BCUT2D eigenvalue weighted by molar-refractivity contribution is 6.00. The van der Waals surface area contributed by atoms with E-state index in [9.17, 15) is 0 Å². The van der Waals surface area contributed by atoms with Crippen molar-refractivity contribution in [1.82, 2.24) is 15.0 Å². The number of aromatic nitrogens is 3. The van der Waals surface area contributed by atoms with Gasteiger partial charge in [0.1, 0.15) is 0 Å². The second-order valence-electron chi connectivity index (χ2n) is 14.1. The van der Waals surface area contributed by atoms with Crippen molar-refractivity contribution in [3.05, 3.63) is 175 Å². The fraction of sp³-hybridized carbons (Fsp3) is 0.0625. The Kier molecular flexibility index (Phi) is 6.53. The molecule has 0 amide bonds. The summed E-state index contributed by atoms with van der Waals surface area (Å²) in [5, 5.41) is 7.34. The molecule has 0 radical (unpaired) electrons. The summed E-state index contributed by atoms with van der Waals surface area (Å²) in [6.45, 7) is 4.65. The Morgan fingerprint density at radius 3 is 1.69 bits per heavy atom. The molecule has 1 heterocycles. The smallest absolute Gasteiger partial charge is 0.164 e. The molecule has 240 valence electrons. The van der Waals surface area contributed by atoms with Crippen molar-refractivity contribution < 1.29 is 0 Å². The van der Waals surface area contributed by atoms with Crippen molar-refractivity contribution in [1.29, 1.82) is 0 Å². The Balaban J connectivity index is 1.11. The molecule has 1 aromatic heterocycles. The molecule has 0 aliphatic heterocycles. The SMILES string of the molecule is CC1(C)c2cc(-c3nc(-c4ccccc4)nc(-c4ccc5ccc(-c6cccc7ccccc67)cc5c4)n3)ccc2-c2cc3ccccc3cc21. The zero-order valence-electron chi connectivity index (χ0n) is 28.4. The zero-order valence-corrected chi connectivity index (χ0v) is 28.4. The maximum Gasteiger partial charge on any atom is 0.164 e. The minimum absolute atomic E-state index is 0.164. The van der Waals surface area contributed by atoms with Crippen molar-refractivity contribution >= 4 is 32.3 Å². The van der Waals surface area contributed by atoms with Crippen LogP contribution in [0.25, 0.3) is 88.7 Å². The third kappa shape index (κ3) is 4.85. The summed E-state index contributed by atoms with van der Waals surface area (Å²) in [7, 11) is 0. The van der Waals surface area contributed by atoms with Crippen LogP contribution in [0.5, 0.6) is 0 Å². The molecule has 10 rings (SSSR count). The third-order valence-electron chi connectivity index (χ3n) is 10.7.